The van der Waals surface area contributed by atoms with Crippen molar-refractivity contribution in [1.82, 2.24) is 20.8 Å². The Morgan fingerprint density at radius 3 is 2.78 bits per heavy atom. The molecule has 2 rings (SSSR count). The summed E-state index contributed by atoms with van der Waals surface area (Å²) in [5, 5.41) is 10.5. The van der Waals surface area contributed by atoms with Gasteiger partial charge in [-0.3, -0.25) is 4.99 Å². The molecular weight excluding hydrogens is 230 g/mol. The second-order valence-electron chi connectivity index (χ2n) is 4.63. The van der Waals surface area contributed by atoms with Gasteiger partial charge in [0.05, 0.1) is 6.54 Å². The quantitative estimate of drug-likeness (QED) is 0.627. The van der Waals surface area contributed by atoms with Crippen LogP contribution in [0.5, 0.6) is 0 Å². The predicted molar refractivity (Wildman–Crippen MR) is 69.2 cm³/mol. The molecule has 1 aromatic rings. The van der Waals surface area contributed by atoms with E-state index in [1.807, 2.05) is 0 Å². The first-order chi connectivity index (χ1) is 8.78. The number of aryl methyl sites for hydroxylation is 1. The van der Waals surface area contributed by atoms with E-state index in [1.165, 1.54) is 32.1 Å². The fourth-order valence-electron chi connectivity index (χ4n) is 2.21. The highest BCUT2D eigenvalue weighted by Gasteiger charge is 2.14. The van der Waals surface area contributed by atoms with Crippen molar-refractivity contribution in [3.63, 3.8) is 0 Å². The van der Waals surface area contributed by atoms with Crippen molar-refractivity contribution in [2.45, 2.75) is 51.6 Å². The van der Waals surface area contributed by atoms with Crippen molar-refractivity contribution in [1.29, 1.82) is 0 Å². The van der Waals surface area contributed by atoms with Gasteiger partial charge in [-0.2, -0.15) is 4.98 Å². The molecule has 0 aromatic carbocycles. The van der Waals surface area contributed by atoms with Crippen LogP contribution in [0.3, 0.4) is 0 Å². The standard InChI is InChI=1S/C12H21N5O/c1-9-15-11(17-18-9)8-14-12(13-2)16-10-6-4-3-5-7-10/h10H,3-8H2,1-2H3,(H2,13,14,16). The maximum atomic E-state index is 4.92. The molecule has 0 atom stereocenters. The normalized spacial score (nSPS) is 17.8. The fraction of sp³-hybridized carbons (Fsp3) is 0.750. The van der Waals surface area contributed by atoms with Crippen molar-refractivity contribution in [3.05, 3.63) is 11.7 Å². The van der Waals surface area contributed by atoms with E-state index in [-0.39, 0.29) is 0 Å². The number of nitrogens with one attached hydrogen (secondary N) is 2. The second-order valence-corrected chi connectivity index (χ2v) is 4.63. The Balaban J connectivity index is 1.78. The van der Waals surface area contributed by atoms with Crippen LogP contribution < -0.4 is 10.6 Å². The van der Waals surface area contributed by atoms with Gasteiger partial charge in [0.1, 0.15) is 0 Å². The summed E-state index contributed by atoms with van der Waals surface area (Å²) < 4.78 is 4.92. The van der Waals surface area contributed by atoms with Gasteiger partial charge in [0.15, 0.2) is 11.8 Å². The lowest BCUT2D eigenvalue weighted by Crippen LogP contribution is -2.43. The predicted octanol–water partition coefficient (Wildman–Crippen LogP) is 1.38. The van der Waals surface area contributed by atoms with Crippen molar-refractivity contribution >= 4 is 5.96 Å². The zero-order valence-electron chi connectivity index (χ0n) is 11.1. The average molecular weight is 251 g/mol. The molecule has 0 unspecified atom stereocenters. The van der Waals surface area contributed by atoms with E-state index >= 15 is 0 Å². The van der Waals surface area contributed by atoms with E-state index in [0.29, 0.717) is 24.3 Å². The molecule has 0 saturated heterocycles. The minimum Gasteiger partial charge on any atom is -0.354 e. The smallest absolute Gasteiger partial charge is 0.223 e. The molecular formula is C12H21N5O. The molecule has 0 radical (unpaired) electrons. The molecule has 6 nitrogen and oxygen atoms in total. The van der Waals surface area contributed by atoms with Crippen LogP contribution in [0, 0.1) is 6.92 Å². The largest absolute Gasteiger partial charge is 0.354 e. The van der Waals surface area contributed by atoms with E-state index in [0.717, 1.165) is 5.96 Å². The van der Waals surface area contributed by atoms with Gasteiger partial charge in [-0.05, 0) is 12.8 Å². The first-order valence-electron chi connectivity index (χ1n) is 6.54. The Hall–Kier alpha value is -1.59. The fourth-order valence-corrected chi connectivity index (χ4v) is 2.21. The Bertz CT molecular complexity index is 395. The van der Waals surface area contributed by atoms with E-state index in [4.69, 9.17) is 4.52 Å². The van der Waals surface area contributed by atoms with Crippen LogP contribution in [-0.4, -0.2) is 29.2 Å². The van der Waals surface area contributed by atoms with E-state index in [2.05, 4.69) is 25.8 Å². The third-order valence-corrected chi connectivity index (χ3v) is 3.15. The third kappa shape index (κ3) is 3.72. The van der Waals surface area contributed by atoms with Crippen molar-refractivity contribution in [3.8, 4) is 0 Å². The number of aliphatic imine (C=N–C) groups is 1. The SMILES string of the molecule is CN=C(NCc1noc(C)n1)NC1CCCCC1. The van der Waals surface area contributed by atoms with Gasteiger partial charge >= 0.3 is 0 Å². The summed E-state index contributed by atoms with van der Waals surface area (Å²) in [6.45, 7) is 2.31. The number of guanidine groups is 1. The average Bonchev–Trinajstić information content (AvgIpc) is 2.81. The van der Waals surface area contributed by atoms with Crippen LogP contribution in [0.15, 0.2) is 9.52 Å². The van der Waals surface area contributed by atoms with Gasteiger partial charge < -0.3 is 15.2 Å². The highest BCUT2D eigenvalue weighted by molar-refractivity contribution is 5.79. The van der Waals surface area contributed by atoms with Crippen LogP contribution in [0.4, 0.5) is 0 Å². The number of hydrogen-bond acceptors (Lipinski definition) is 4. The van der Waals surface area contributed by atoms with Gasteiger partial charge in [0.2, 0.25) is 5.89 Å². The van der Waals surface area contributed by atoms with Crippen LogP contribution in [0.25, 0.3) is 0 Å². The molecule has 1 aromatic heterocycles. The summed E-state index contributed by atoms with van der Waals surface area (Å²) in [7, 11) is 1.78. The summed E-state index contributed by atoms with van der Waals surface area (Å²) in [6.07, 6.45) is 6.41. The first-order valence-corrected chi connectivity index (χ1v) is 6.54. The molecule has 1 aliphatic carbocycles. The molecule has 1 fully saturated rings. The molecule has 0 spiro atoms. The van der Waals surface area contributed by atoms with Crippen molar-refractivity contribution in [2.75, 3.05) is 7.05 Å². The van der Waals surface area contributed by atoms with E-state index in [9.17, 15) is 0 Å². The number of aromatic nitrogens is 2. The zero-order chi connectivity index (χ0) is 12.8. The number of hydrogen-bond donors (Lipinski definition) is 2. The molecule has 0 amide bonds. The molecule has 0 aliphatic heterocycles. The number of rotatable bonds is 3. The van der Waals surface area contributed by atoms with Gasteiger partial charge in [-0.15, -0.1) is 0 Å². The molecule has 1 heterocycles. The third-order valence-electron chi connectivity index (χ3n) is 3.15. The van der Waals surface area contributed by atoms with Gasteiger partial charge in [0.25, 0.3) is 0 Å². The molecule has 18 heavy (non-hydrogen) atoms. The van der Waals surface area contributed by atoms with Crippen molar-refractivity contribution < 1.29 is 4.52 Å². The molecule has 1 aliphatic rings. The lowest BCUT2D eigenvalue weighted by molar-refractivity contribution is 0.386. The first kappa shape index (κ1) is 12.9. The minimum absolute atomic E-state index is 0.531. The summed E-state index contributed by atoms with van der Waals surface area (Å²) >= 11 is 0. The Kier molecular flexibility index (Phi) is 4.55. The Labute approximate surface area is 107 Å². The van der Waals surface area contributed by atoms with Gasteiger partial charge in [-0.25, -0.2) is 0 Å². The van der Waals surface area contributed by atoms with Crippen molar-refractivity contribution in [2.24, 2.45) is 4.99 Å². The van der Waals surface area contributed by atoms with E-state index in [1.54, 1.807) is 14.0 Å². The second kappa shape index (κ2) is 6.37. The highest BCUT2D eigenvalue weighted by atomic mass is 16.5. The van der Waals surface area contributed by atoms with Crippen LogP contribution in [0.1, 0.15) is 43.8 Å². The Morgan fingerprint density at radius 1 is 1.39 bits per heavy atom. The van der Waals surface area contributed by atoms with Crippen LogP contribution in [0.2, 0.25) is 0 Å². The molecule has 100 valence electrons. The number of nitrogens with zero attached hydrogens (tertiary/aromatic N) is 3. The van der Waals surface area contributed by atoms with Crippen LogP contribution in [-0.2, 0) is 6.54 Å². The molecule has 6 heteroatoms. The summed E-state index contributed by atoms with van der Waals surface area (Å²) in [6, 6.07) is 0.539. The highest BCUT2D eigenvalue weighted by Crippen LogP contribution is 2.17. The zero-order valence-corrected chi connectivity index (χ0v) is 11.1. The Morgan fingerprint density at radius 2 is 2.17 bits per heavy atom. The topological polar surface area (TPSA) is 75.3 Å². The lowest BCUT2D eigenvalue weighted by atomic mass is 9.96. The van der Waals surface area contributed by atoms with Gasteiger partial charge in [-0.1, -0.05) is 24.4 Å². The maximum absolute atomic E-state index is 4.92. The molecule has 1 saturated carbocycles. The summed E-state index contributed by atoms with van der Waals surface area (Å²) in [5.74, 6) is 2.05. The van der Waals surface area contributed by atoms with E-state index < -0.39 is 0 Å². The minimum atomic E-state index is 0.531. The lowest BCUT2D eigenvalue weighted by Gasteiger charge is -2.24. The summed E-state index contributed by atoms with van der Waals surface area (Å²) in [5.41, 5.74) is 0. The summed E-state index contributed by atoms with van der Waals surface area (Å²) in [4.78, 5) is 8.35. The maximum Gasteiger partial charge on any atom is 0.223 e. The molecule has 0 bridgehead atoms. The van der Waals surface area contributed by atoms with Crippen LogP contribution >= 0.6 is 0 Å². The monoisotopic (exact) mass is 251 g/mol. The van der Waals surface area contributed by atoms with Gasteiger partial charge in [0, 0.05) is 20.0 Å². The molecule has 2 N–H and O–H groups in total.